The van der Waals surface area contributed by atoms with Crippen LogP contribution in [0.3, 0.4) is 0 Å². The van der Waals surface area contributed by atoms with Gasteiger partial charge in [0.15, 0.2) is 11.5 Å². The first-order valence-corrected chi connectivity index (χ1v) is 10.3. The van der Waals surface area contributed by atoms with E-state index < -0.39 is 11.8 Å². The van der Waals surface area contributed by atoms with Gasteiger partial charge in [-0.15, -0.1) is 0 Å². The van der Waals surface area contributed by atoms with Gasteiger partial charge in [-0.1, -0.05) is 59.8 Å². The quantitative estimate of drug-likeness (QED) is 0.357. The minimum absolute atomic E-state index is 0.00201. The van der Waals surface area contributed by atoms with Crippen LogP contribution < -0.4 is 10.6 Å². The summed E-state index contributed by atoms with van der Waals surface area (Å²) in [6.45, 7) is 1.93. The van der Waals surface area contributed by atoms with Crippen LogP contribution in [0, 0.1) is 6.92 Å². The third kappa shape index (κ3) is 4.12. The molecule has 0 saturated carbocycles. The Labute approximate surface area is 189 Å². The molecule has 33 heavy (non-hydrogen) atoms. The Kier molecular flexibility index (Phi) is 5.20. The predicted molar refractivity (Wildman–Crippen MR) is 125 cm³/mol. The number of nitrogens with zero attached hydrogens (tertiary/aromatic N) is 1. The zero-order valence-corrected chi connectivity index (χ0v) is 17.7. The molecule has 5 rings (SSSR count). The number of nitrogens with one attached hydrogen (secondary N) is 2. The number of fused-ring (bicyclic) bond motifs is 1. The Hall–Kier alpha value is -4.65. The normalized spacial score (nSPS) is 10.8. The van der Waals surface area contributed by atoms with Crippen molar-refractivity contribution in [3.05, 3.63) is 102 Å². The Balaban J connectivity index is 1.46. The largest absolute Gasteiger partial charge is 0.449 e. The number of benzene rings is 3. The Morgan fingerprint density at radius 3 is 2.42 bits per heavy atom. The van der Waals surface area contributed by atoms with E-state index in [-0.39, 0.29) is 17.1 Å². The first-order chi connectivity index (χ1) is 16.1. The average Bonchev–Trinajstić information content (AvgIpc) is 3.46. The smallest absolute Gasteiger partial charge is 0.293 e. The van der Waals surface area contributed by atoms with Crippen LogP contribution in [-0.2, 0) is 0 Å². The molecule has 0 aliphatic rings. The topological polar surface area (TPSA) is 97.4 Å². The first-order valence-electron chi connectivity index (χ1n) is 10.3. The Morgan fingerprint density at radius 2 is 1.61 bits per heavy atom. The molecule has 0 aliphatic carbocycles. The number of aromatic nitrogens is 1. The van der Waals surface area contributed by atoms with Crippen LogP contribution in [0.15, 0.2) is 93.9 Å². The maximum Gasteiger partial charge on any atom is 0.293 e. The summed E-state index contributed by atoms with van der Waals surface area (Å²) in [5.74, 6) is -0.526. The number of carbonyl (C=O) groups excluding carboxylic acids is 2. The monoisotopic (exact) mass is 437 g/mol. The molecule has 0 fully saturated rings. The molecule has 0 unspecified atom stereocenters. The van der Waals surface area contributed by atoms with E-state index in [9.17, 15) is 9.59 Å². The molecule has 2 aromatic heterocycles. The van der Waals surface area contributed by atoms with Gasteiger partial charge < -0.3 is 19.6 Å². The number of aryl methyl sites for hydroxylation is 1. The number of rotatable bonds is 5. The fourth-order valence-corrected chi connectivity index (χ4v) is 3.54. The van der Waals surface area contributed by atoms with Crippen molar-refractivity contribution in [2.45, 2.75) is 6.92 Å². The lowest BCUT2D eigenvalue weighted by atomic mass is 10.1. The Morgan fingerprint density at radius 1 is 0.818 bits per heavy atom. The van der Waals surface area contributed by atoms with Crippen LogP contribution in [0.25, 0.3) is 22.3 Å². The molecule has 2 amide bonds. The molecular weight excluding hydrogens is 418 g/mol. The highest BCUT2D eigenvalue weighted by atomic mass is 16.5. The second-order valence-corrected chi connectivity index (χ2v) is 7.52. The third-order valence-electron chi connectivity index (χ3n) is 5.12. The number of hydrogen-bond donors (Lipinski definition) is 2. The molecule has 3 aromatic carbocycles. The van der Waals surface area contributed by atoms with Gasteiger partial charge >= 0.3 is 0 Å². The van der Waals surface area contributed by atoms with Crippen molar-refractivity contribution in [2.75, 3.05) is 10.6 Å². The van der Waals surface area contributed by atoms with Crippen LogP contribution >= 0.6 is 0 Å². The standard InChI is InChI=1S/C26H19N3O4/c1-16-8-7-11-18(14-16)27-26(31)24-23(19-12-5-6-13-21(19)32-24)28-25(30)20-15-22(33-29-20)17-9-3-2-4-10-17/h2-15H,1H3,(H,27,31)(H,28,30). The van der Waals surface area contributed by atoms with Crippen LogP contribution in [0.2, 0.25) is 0 Å². The number of carbonyl (C=O) groups is 2. The second-order valence-electron chi connectivity index (χ2n) is 7.52. The molecule has 162 valence electrons. The minimum Gasteiger partial charge on any atom is -0.449 e. The lowest BCUT2D eigenvalue weighted by Crippen LogP contribution is -2.17. The van der Waals surface area contributed by atoms with E-state index >= 15 is 0 Å². The number of para-hydroxylation sites is 1. The summed E-state index contributed by atoms with van der Waals surface area (Å²) in [6.07, 6.45) is 0. The SMILES string of the molecule is Cc1cccc(NC(=O)c2oc3ccccc3c2NC(=O)c2cc(-c3ccccc3)on2)c1. The second kappa shape index (κ2) is 8.47. The summed E-state index contributed by atoms with van der Waals surface area (Å²) in [4.78, 5) is 26.0. The molecular formula is C26H19N3O4. The summed E-state index contributed by atoms with van der Waals surface area (Å²) in [6, 6.07) is 25.4. The van der Waals surface area contributed by atoms with Gasteiger partial charge in [-0.05, 0) is 36.8 Å². The van der Waals surface area contributed by atoms with Gasteiger partial charge in [0.25, 0.3) is 11.8 Å². The van der Waals surface area contributed by atoms with E-state index in [4.69, 9.17) is 8.94 Å². The minimum atomic E-state index is -0.517. The van der Waals surface area contributed by atoms with E-state index in [2.05, 4.69) is 15.8 Å². The summed E-state index contributed by atoms with van der Waals surface area (Å²) in [5, 5.41) is 10.1. The molecule has 0 saturated heterocycles. The maximum absolute atomic E-state index is 13.0. The highest BCUT2D eigenvalue weighted by Crippen LogP contribution is 2.32. The van der Waals surface area contributed by atoms with Crippen LogP contribution in [-0.4, -0.2) is 17.0 Å². The average molecular weight is 437 g/mol. The van der Waals surface area contributed by atoms with Crippen molar-refractivity contribution in [1.29, 1.82) is 0 Å². The molecule has 7 heteroatoms. The van der Waals surface area contributed by atoms with Crippen molar-refractivity contribution >= 4 is 34.2 Å². The van der Waals surface area contributed by atoms with Crippen molar-refractivity contribution in [2.24, 2.45) is 0 Å². The molecule has 0 radical (unpaired) electrons. The molecule has 0 atom stereocenters. The molecule has 2 N–H and O–H groups in total. The number of anilines is 2. The number of furan rings is 1. The molecule has 7 nitrogen and oxygen atoms in total. The molecule has 0 spiro atoms. The van der Waals surface area contributed by atoms with Gasteiger partial charge in [0.2, 0.25) is 5.76 Å². The van der Waals surface area contributed by atoms with Crippen LogP contribution in [0.1, 0.15) is 26.6 Å². The van der Waals surface area contributed by atoms with E-state index in [0.717, 1.165) is 11.1 Å². The van der Waals surface area contributed by atoms with Crippen molar-refractivity contribution in [1.82, 2.24) is 5.16 Å². The fourth-order valence-electron chi connectivity index (χ4n) is 3.54. The predicted octanol–water partition coefficient (Wildman–Crippen LogP) is 5.90. The van der Waals surface area contributed by atoms with Crippen molar-refractivity contribution < 1.29 is 18.5 Å². The summed E-state index contributed by atoms with van der Waals surface area (Å²) >= 11 is 0. The summed E-state index contributed by atoms with van der Waals surface area (Å²) in [7, 11) is 0. The van der Waals surface area contributed by atoms with E-state index in [1.807, 2.05) is 55.5 Å². The van der Waals surface area contributed by atoms with Crippen LogP contribution in [0.4, 0.5) is 11.4 Å². The number of hydrogen-bond acceptors (Lipinski definition) is 5. The molecule has 0 aliphatic heterocycles. The lowest BCUT2D eigenvalue weighted by molar-refractivity contribution is 0.0999. The zero-order valence-electron chi connectivity index (χ0n) is 17.7. The Bertz CT molecular complexity index is 1470. The molecule has 0 bridgehead atoms. The van der Waals surface area contributed by atoms with Gasteiger partial charge in [0.1, 0.15) is 11.3 Å². The van der Waals surface area contributed by atoms with Gasteiger partial charge in [-0.25, -0.2) is 0 Å². The summed E-state index contributed by atoms with van der Waals surface area (Å²) < 4.78 is 11.1. The van der Waals surface area contributed by atoms with E-state index in [0.29, 0.717) is 22.4 Å². The highest BCUT2D eigenvalue weighted by Gasteiger charge is 2.24. The van der Waals surface area contributed by atoms with E-state index in [1.54, 1.807) is 36.4 Å². The maximum atomic E-state index is 13.0. The fraction of sp³-hybridized carbons (Fsp3) is 0.0385. The molecule has 2 heterocycles. The third-order valence-corrected chi connectivity index (χ3v) is 5.12. The highest BCUT2D eigenvalue weighted by molar-refractivity contribution is 6.16. The van der Waals surface area contributed by atoms with Gasteiger partial charge in [0, 0.05) is 22.7 Å². The van der Waals surface area contributed by atoms with Gasteiger partial charge in [-0.2, -0.15) is 0 Å². The molecule has 5 aromatic rings. The summed E-state index contributed by atoms with van der Waals surface area (Å²) in [5.41, 5.74) is 3.27. The van der Waals surface area contributed by atoms with Crippen molar-refractivity contribution in [3.8, 4) is 11.3 Å². The lowest BCUT2D eigenvalue weighted by Gasteiger charge is -2.07. The first kappa shape index (κ1) is 20.3. The van der Waals surface area contributed by atoms with Gasteiger partial charge in [0.05, 0.1) is 0 Å². The van der Waals surface area contributed by atoms with Crippen LogP contribution in [0.5, 0.6) is 0 Å². The van der Waals surface area contributed by atoms with Gasteiger partial charge in [-0.3, -0.25) is 9.59 Å². The zero-order chi connectivity index (χ0) is 22.8. The number of amides is 2. The van der Waals surface area contributed by atoms with Crippen molar-refractivity contribution in [3.63, 3.8) is 0 Å². The van der Waals surface area contributed by atoms with E-state index in [1.165, 1.54) is 0 Å².